The summed E-state index contributed by atoms with van der Waals surface area (Å²) >= 11 is 5.74. The summed E-state index contributed by atoms with van der Waals surface area (Å²) in [5.41, 5.74) is 1.54. The fraction of sp³-hybridized carbons (Fsp3) is 0.263. The van der Waals surface area contributed by atoms with E-state index in [0.29, 0.717) is 10.7 Å². The molecule has 0 aliphatic rings. The van der Waals surface area contributed by atoms with Gasteiger partial charge in [0.2, 0.25) is 10.0 Å². The third-order valence-corrected chi connectivity index (χ3v) is 5.53. The molecule has 10 heteroatoms. The van der Waals surface area contributed by atoms with Crippen LogP contribution in [0.4, 0.5) is 5.69 Å². The van der Waals surface area contributed by atoms with E-state index in [4.69, 9.17) is 16.3 Å². The van der Waals surface area contributed by atoms with Crippen molar-refractivity contribution in [2.75, 3.05) is 11.9 Å². The molecule has 156 valence electrons. The van der Waals surface area contributed by atoms with Gasteiger partial charge in [-0.1, -0.05) is 29.3 Å². The van der Waals surface area contributed by atoms with Crippen molar-refractivity contribution in [3.05, 3.63) is 59.1 Å². The number of carbonyl (C=O) groups excluding carboxylic acids is 2. The zero-order valence-corrected chi connectivity index (χ0v) is 17.3. The molecule has 2 aromatic rings. The van der Waals surface area contributed by atoms with Crippen LogP contribution >= 0.6 is 11.6 Å². The number of nitrogens with one attached hydrogen (secondary N) is 2. The molecule has 0 bridgehead atoms. The lowest BCUT2D eigenvalue weighted by Crippen LogP contribution is -2.48. The Bertz CT molecular complexity index is 959. The topological polar surface area (TPSA) is 122 Å². The molecule has 2 aromatic carbocycles. The molecular formula is C19H21ClN2O6S. The van der Waals surface area contributed by atoms with E-state index in [9.17, 15) is 23.1 Å². The lowest BCUT2D eigenvalue weighted by molar-refractivity contribution is -0.151. The minimum Gasteiger partial charge on any atom is -0.454 e. The van der Waals surface area contributed by atoms with Gasteiger partial charge in [-0.25, -0.2) is 8.42 Å². The first kappa shape index (κ1) is 22.8. The van der Waals surface area contributed by atoms with Crippen LogP contribution in [0, 0.1) is 6.92 Å². The van der Waals surface area contributed by atoms with E-state index < -0.39 is 40.7 Å². The van der Waals surface area contributed by atoms with Crippen molar-refractivity contribution in [1.29, 1.82) is 0 Å². The van der Waals surface area contributed by atoms with Crippen LogP contribution in [0.3, 0.4) is 0 Å². The van der Waals surface area contributed by atoms with Crippen LogP contribution in [0.1, 0.15) is 12.5 Å². The van der Waals surface area contributed by atoms with Crippen LogP contribution in [-0.2, 0) is 24.3 Å². The van der Waals surface area contributed by atoms with Crippen LogP contribution in [0.5, 0.6) is 0 Å². The third-order valence-electron chi connectivity index (χ3n) is 3.82. The number of sulfonamides is 1. The maximum absolute atomic E-state index is 12.4. The number of ether oxygens (including phenoxy) is 1. The number of aliphatic hydroxyl groups excluding tert-OH is 1. The zero-order valence-electron chi connectivity index (χ0n) is 15.8. The number of aliphatic hydroxyl groups is 1. The van der Waals surface area contributed by atoms with Crippen LogP contribution < -0.4 is 10.0 Å². The van der Waals surface area contributed by atoms with E-state index >= 15 is 0 Å². The van der Waals surface area contributed by atoms with Crippen molar-refractivity contribution in [1.82, 2.24) is 4.72 Å². The first-order valence-corrected chi connectivity index (χ1v) is 10.4. The minimum atomic E-state index is -4.13. The summed E-state index contributed by atoms with van der Waals surface area (Å²) in [7, 11) is -4.13. The van der Waals surface area contributed by atoms with Gasteiger partial charge in [0.05, 0.1) is 11.0 Å². The second kappa shape index (κ2) is 9.84. The van der Waals surface area contributed by atoms with Gasteiger partial charge in [-0.05, 0) is 50.2 Å². The summed E-state index contributed by atoms with van der Waals surface area (Å²) in [5, 5.41) is 12.7. The molecular weight excluding hydrogens is 420 g/mol. The number of halogens is 1. The molecule has 1 amide bonds. The molecule has 0 unspecified atom stereocenters. The highest BCUT2D eigenvalue weighted by Gasteiger charge is 2.31. The SMILES string of the molecule is Cc1ccc(NC(=O)COC(=O)[C@H](NS(=O)(=O)c2ccc(Cl)cc2)[C@H](C)O)cc1. The fourth-order valence-corrected chi connectivity index (χ4v) is 3.64. The van der Waals surface area contributed by atoms with E-state index in [-0.39, 0.29) is 4.90 Å². The molecule has 0 aliphatic carbocycles. The number of anilines is 1. The average Bonchev–Trinajstić information content (AvgIpc) is 2.66. The molecule has 3 N–H and O–H groups in total. The van der Waals surface area contributed by atoms with Gasteiger partial charge in [-0.3, -0.25) is 9.59 Å². The maximum atomic E-state index is 12.4. The van der Waals surface area contributed by atoms with Crippen LogP contribution in [0.15, 0.2) is 53.4 Å². The van der Waals surface area contributed by atoms with Gasteiger partial charge in [-0.15, -0.1) is 0 Å². The molecule has 2 rings (SSSR count). The lowest BCUT2D eigenvalue weighted by atomic mass is 10.2. The van der Waals surface area contributed by atoms with Crippen molar-refractivity contribution in [3.8, 4) is 0 Å². The van der Waals surface area contributed by atoms with E-state index in [1.807, 2.05) is 6.92 Å². The summed E-state index contributed by atoms with van der Waals surface area (Å²) in [6, 6.07) is 10.6. The summed E-state index contributed by atoms with van der Waals surface area (Å²) in [6.45, 7) is 2.48. The first-order valence-electron chi connectivity index (χ1n) is 8.57. The van der Waals surface area contributed by atoms with Gasteiger partial charge in [0.25, 0.3) is 5.91 Å². The van der Waals surface area contributed by atoms with Crippen molar-refractivity contribution in [3.63, 3.8) is 0 Å². The van der Waals surface area contributed by atoms with E-state index in [2.05, 4.69) is 10.0 Å². The summed E-state index contributed by atoms with van der Waals surface area (Å²) < 4.78 is 31.8. The molecule has 2 atom stereocenters. The average molecular weight is 441 g/mol. The number of hydrogen-bond acceptors (Lipinski definition) is 6. The van der Waals surface area contributed by atoms with Crippen molar-refractivity contribution >= 4 is 39.2 Å². The molecule has 0 saturated carbocycles. The van der Waals surface area contributed by atoms with Gasteiger partial charge in [-0.2, -0.15) is 4.72 Å². The minimum absolute atomic E-state index is 0.141. The molecule has 8 nitrogen and oxygen atoms in total. The van der Waals surface area contributed by atoms with Crippen LogP contribution in [0.2, 0.25) is 5.02 Å². The highest BCUT2D eigenvalue weighted by Crippen LogP contribution is 2.15. The normalized spacial score (nSPS) is 13.4. The summed E-state index contributed by atoms with van der Waals surface area (Å²) in [5.74, 6) is -1.69. The van der Waals surface area contributed by atoms with Gasteiger partial charge in [0.15, 0.2) is 6.61 Å². The molecule has 0 spiro atoms. The number of amides is 1. The lowest BCUT2D eigenvalue weighted by Gasteiger charge is -2.20. The van der Waals surface area contributed by atoms with Gasteiger partial charge >= 0.3 is 5.97 Å². The highest BCUT2D eigenvalue weighted by molar-refractivity contribution is 7.89. The predicted octanol–water partition coefficient (Wildman–Crippen LogP) is 1.86. The molecule has 0 aliphatic heterocycles. The van der Waals surface area contributed by atoms with Crippen LogP contribution in [0.25, 0.3) is 0 Å². The second-order valence-electron chi connectivity index (χ2n) is 6.32. The molecule has 29 heavy (non-hydrogen) atoms. The van der Waals surface area contributed by atoms with Gasteiger partial charge < -0.3 is 15.2 Å². The number of rotatable bonds is 8. The van der Waals surface area contributed by atoms with E-state index in [1.165, 1.54) is 31.2 Å². The van der Waals surface area contributed by atoms with Gasteiger partial charge in [0.1, 0.15) is 6.04 Å². The Balaban J connectivity index is 1.99. The highest BCUT2D eigenvalue weighted by atomic mass is 35.5. The number of carbonyl (C=O) groups is 2. The fourth-order valence-electron chi connectivity index (χ4n) is 2.25. The largest absolute Gasteiger partial charge is 0.454 e. The van der Waals surface area contributed by atoms with E-state index in [1.54, 1.807) is 24.3 Å². The number of benzene rings is 2. The molecule has 0 fully saturated rings. The first-order chi connectivity index (χ1) is 13.6. The molecule has 0 heterocycles. The molecule has 0 saturated heterocycles. The van der Waals surface area contributed by atoms with E-state index in [0.717, 1.165) is 5.56 Å². The van der Waals surface area contributed by atoms with Crippen LogP contribution in [-0.4, -0.2) is 44.2 Å². The van der Waals surface area contributed by atoms with Crippen molar-refractivity contribution < 1.29 is 27.9 Å². The smallest absolute Gasteiger partial charge is 0.327 e. The Morgan fingerprint density at radius 2 is 1.69 bits per heavy atom. The maximum Gasteiger partial charge on any atom is 0.327 e. The van der Waals surface area contributed by atoms with Crippen molar-refractivity contribution in [2.45, 2.75) is 30.9 Å². The third kappa shape index (κ3) is 6.82. The summed E-state index contributed by atoms with van der Waals surface area (Å²) in [6.07, 6.45) is -1.40. The summed E-state index contributed by atoms with van der Waals surface area (Å²) in [4.78, 5) is 24.0. The Kier molecular flexibility index (Phi) is 7.74. The standard InChI is InChI=1S/C19H21ClN2O6S/c1-12-3-7-15(8-4-12)21-17(24)11-28-19(25)18(13(2)23)22-29(26,27)16-9-5-14(20)6-10-16/h3-10,13,18,22-23H,11H2,1-2H3,(H,21,24)/t13-,18+/m0/s1. The zero-order chi connectivity index (χ0) is 21.6. The Labute approximate surface area is 173 Å². The number of aryl methyl sites for hydroxylation is 1. The predicted molar refractivity (Wildman–Crippen MR) is 108 cm³/mol. The Hall–Kier alpha value is -2.46. The number of hydrogen-bond donors (Lipinski definition) is 3. The Morgan fingerprint density at radius 3 is 2.24 bits per heavy atom. The monoisotopic (exact) mass is 440 g/mol. The Morgan fingerprint density at radius 1 is 1.10 bits per heavy atom. The van der Waals surface area contributed by atoms with Crippen molar-refractivity contribution in [2.24, 2.45) is 0 Å². The second-order valence-corrected chi connectivity index (χ2v) is 8.47. The molecule has 0 aromatic heterocycles. The quantitative estimate of drug-likeness (QED) is 0.538. The number of esters is 1. The van der Waals surface area contributed by atoms with Gasteiger partial charge in [0, 0.05) is 10.7 Å². The molecule has 0 radical (unpaired) electrons.